The molecular formula is C22H22FN5O4S. The zero-order valence-corrected chi connectivity index (χ0v) is 19.3. The lowest BCUT2D eigenvalue weighted by atomic mass is 9.94. The minimum Gasteiger partial charge on any atom is -0.503 e. The molecule has 3 aromatic rings. The molecule has 1 N–H and O–H groups in total. The fraction of sp³-hybridized carbons (Fsp3) is 0.318. The third-order valence-electron chi connectivity index (χ3n) is 5.64. The van der Waals surface area contributed by atoms with Crippen LogP contribution in [0.3, 0.4) is 0 Å². The summed E-state index contributed by atoms with van der Waals surface area (Å²) in [6, 6.07) is 5.97. The highest BCUT2D eigenvalue weighted by Gasteiger charge is 2.46. The summed E-state index contributed by atoms with van der Waals surface area (Å²) in [6.07, 6.45) is 1.78. The maximum atomic E-state index is 13.2. The largest absolute Gasteiger partial charge is 0.503 e. The number of benzene rings is 1. The van der Waals surface area contributed by atoms with Crippen molar-refractivity contribution in [2.24, 2.45) is 0 Å². The third-order valence-corrected chi connectivity index (χ3v) is 6.60. The van der Waals surface area contributed by atoms with Gasteiger partial charge < -0.3 is 19.5 Å². The van der Waals surface area contributed by atoms with Crippen LogP contribution in [0.2, 0.25) is 0 Å². The van der Waals surface area contributed by atoms with E-state index in [4.69, 9.17) is 0 Å². The molecule has 0 aliphatic carbocycles. The lowest BCUT2D eigenvalue weighted by Gasteiger charge is -2.42. The number of nitrogens with zero attached hydrogens (tertiary/aromatic N) is 5. The number of hydrogen-bond acceptors (Lipinski definition) is 7. The molecule has 0 bridgehead atoms. The normalized spacial score (nSPS) is 17.7. The lowest BCUT2D eigenvalue weighted by molar-refractivity contribution is -0.138. The Morgan fingerprint density at radius 1 is 1.24 bits per heavy atom. The Labute approximate surface area is 192 Å². The topological polar surface area (TPSA) is 109 Å². The Morgan fingerprint density at radius 2 is 1.91 bits per heavy atom. The van der Waals surface area contributed by atoms with Crippen LogP contribution in [0.1, 0.15) is 28.0 Å². The summed E-state index contributed by atoms with van der Waals surface area (Å²) in [5.41, 5.74) is -1.40. The molecule has 2 amide bonds. The average Bonchev–Trinajstić information content (AvgIpc) is 3.23. The summed E-state index contributed by atoms with van der Waals surface area (Å²) in [5.74, 6) is -1.94. The molecule has 0 saturated heterocycles. The molecule has 33 heavy (non-hydrogen) atoms. The Morgan fingerprint density at radius 3 is 2.55 bits per heavy atom. The molecule has 2 aromatic heterocycles. The van der Waals surface area contributed by atoms with E-state index in [1.165, 1.54) is 39.7 Å². The Kier molecular flexibility index (Phi) is 5.52. The van der Waals surface area contributed by atoms with Gasteiger partial charge in [-0.1, -0.05) is 23.5 Å². The number of amides is 2. The zero-order chi connectivity index (χ0) is 24.1. The van der Waals surface area contributed by atoms with Crippen LogP contribution in [0.4, 0.5) is 4.39 Å². The van der Waals surface area contributed by atoms with Crippen molar-refractivity contribution in [2.75, 3.05) is 27.7 Å². The quantitative estimate of drug-likeness (QED) is 0.620. The lowest BCUT2D eigenvalue weighted by Crippen LogP contribution is -2.58. The summed E-state index contributed by atoms with van der Waals surface area (Å²) in [6.45, 7) is 1.71. The number of rotatable bonds is 4. The van der Waals surface area contributed by atoms with E-state index in [0.29, 0.717) is 11.4 Å². The molecule has 4 rings (SSSR count). The maximum Gasteiger partial charge on any atom is 0.274 e. The fourth-order valence-electron chi connectivity index (χ4n) is 4.00. The van der Waals surface area contributed by atoms with Crippen molar-refractivity contribution in [3.8, 4) is 16.3 Å². The van der Waals surface area contributed by atoms with Crippen LogP contribution in [-0.4, -0.2) is 69.2 Å². The van der Waals surface area contributed by atoms with Crippen LogP contribution in [0.25, 0.3) is 10.6 Å². The molecule has 3 heterocycles. The van der Waals surface area contributed by atoms with Gasteiger partial charge in [-0.15, -0.1) is 10.2 Å². The Balaban J connectivity index is 1.82. The second-order valence-corrected chi connectivity index (χ2v) is 9.44. The van der Waals surface area contributed by atoms with Crippen molar-refractivity contribution >= 4 is 23.2 Å². The number of likely N-dealkylation sites (N-methyl/N-ethyl adjacent to an activating group) is 2. The molecule has 0 radical (unpaired) electrons. The van der Waals surface area contributed by atoms with E-state index in [-0.39, 0.29) is 34.5 Å². The highest BCUT2D eigenvalue weighted by Crippen LogP contribution is 2.34. The van der Waals surface area contributed by atoms with Crippen LogP contribution in [-0.2, 0) is 16.8 Å². The monoisotopic (exact) mass is 471 g/mol. The van der Waals surface area contributed by atoms with Gasteiger partial charge in [0.25, 0.3) is 5.91 Å². The zero-order valence-electron chi connectivity index (χ0n) is 18.5. The minimum absolute atomic E-state index is 0.0363. The van der Waals surface area contributed by atoms with Crippen LogP contribution in [0.5, 0.6) is 5.75 Å². The fourth-order valence-corrected chi connectivity index (χ4v) is 4.88. The number of halogens is 1. The molecular weight excluding hydrogens is 449 g/mol. The van der Waals surface area contributed by atoms with Gasteiger partial charge in [0.05, 0.1) is 12.1 Å². The van der Waals surface area contributed by atoms with Gasteiger partial charge in [0, 0.05) is 33.8 Å². The first-order valence-corrected chi connectivity index (χ1v) is 10.9. The Bertz CT molecular complexity index is 1320. The molecule has 1 aromatic carbocycles. The summed E-state index contributed by atoms with van der Waals surface area (Å²) in [4.78, 5) is 41.5. The first kappa shape index (κ1) is 22.6. The predicted octanol–water partition coefficient (Wildman–Crippen LogP) is 1.69. The molecule has 1 aliphatic heterocycles. The van der Waals surface area contributed by atoms with Crippen molar-refractivity contribution in [1.82, 2.24) is 24.6 Å². The van der Waals surface area contributed by atoms with Gasteiger partial charge in [0.15, 0.2) is 16.5 Å². The number of fused-ring (bicyclic) bond motifs is 1. The smallest absolute Gasteiger partial charge is 0.274 e. The molecule has 0 saturated carbocycles. The van der Waals surface area contributed by atoms with Gasteiger partial charge in [-0.3, -0.25) is 14.4 Å². The van der Waals surface area contributed by atoms with E-state index in [2.05, 4.69) is 10.2 Å². The van der Waals surface area contributed by atoms with Crippen molar-refractivity contribution in [3.63, 3.8) is 0 Å². The van der Waals surface area contributed by atoms with Gasteiger partial charge in [0.1, 0.15) is 16.4 Å². The van der Waals surface area contributed by atoms with E-state index in [1.807, 2.05) is 0 Å². The maximum absolute atomic E-state index is 13.2. The van der Waals surface area contributed by atoms with Gasteiger partial charge >= 0.3 is 0 Å². The molecule has 9 nitrogen and oxygen atoms in total. The predicted molar refractivity (Wildman–Crippen MR) is 120 cm³/mol. The summed E-state index contributed by atoms with van der Waals surface area (Å²) < 4.78 is 14.5. The second kappa shape index (κ2) is 8.07. The van der Waals surface area contributed by atoms with Gasteiger partial charge in [-0.25, -0.2) is 4.39 Å². The summed E-state index contributed by atoms with van der Waals surface area (Å²) in [7, 11) is 4.70. The first-order valence-electron chi connectivity index (χ1n) is 10.1. The summed E-state index contributed by atoms with van der Waals surface area (Å²) >= 11 is 1.14. The van der Waals surface area contributed by atoms with Crippen LogP contribution in [0.15, 0.2) is 35.3 Å². The Hall–Kier alpha value is -3.60. The number of aromatic hydroxyl groups is 1. The van der Waals surface area contributed by atoms with Crippen molar-refractivity contribution in [1.29, 1.82) is 0 Å². The van der Waals surface area contributed by atoms with Crippen LogP contribution in [0, 0.1) is 5.82 Å². The third kappa shape index (κ3) is 3.78. The standard InChI is InChI=1S/C22H22FN5O4S/c1-22(21(32)26(2)3)11-27(4)20(31)16-18(30)17(29)14(10-28(16)22)19-25-24-15(33-19)9-12-5-7-13(23)8-6-12/h5-8,10,30H,9,11H2,1-4H3/t22-/m1/s1. The van der Waals surface area contributed by atoms with Crippen molar-refractivity contribution < 1.29 is 19.1 Å². The number of hydrogen-bond donors (Lipinski definition) is 1. The van der Waals surface area contributed by atoms with Gasteiger partial charge in [0.2, 0.25) is 11.3 Å². The SMILES string of the molecule is CN(C)C(=O)[C@@]1(C)CN(C)C(=O)c2c(O)c(=O)c(-c3nnc(Cc4ccc(F)cc4)s3)cn21. The number of pyridine rings is 1. The van der Waals surface area contributed by atoms with Crippen molar-refractivity contribution in [2.45, 2.75) is 18.9 Å². The highest BCUT2D eigenvalue weighted by atomic mass is 32.1. The summed E-state index contributed by atoms with van der Waals surface area (Å²) in [5, 5.41) is 19.7. The van der Waals surface area contributed by atoms with E-state index >= 15 is 0 Å². The highest BCUT2D eigenvalue weighted by molar-refractivity contribution is 7.14. The van der Waals surface area contributed by atoms with Crippen LogP contribution >= 0.6 is 11.3 Å². The molecule has 172 valence electrons. The van der Waals surface area contributed by atoms with E-state index < -0.39 is 22.6 Å². The molecule has 0 unspecified atom stereocenters. The number of aromatic nitrogens is 3. The molecule has 0 spiro atoms. The van der Waals surface area contributed by atoms with Crippen molar-refractivity contribution in [3.05, 3.63) is 62.8 Å². The van der Waals surface area contributed by atoms with E-state index in [0.717, 1.165) is 16.9 Å². The van der Waals surface area contributed by atoms with Gasteiger partial charge in [-0.05, 0) is 24.6 Å². The average molecular weight is 472 g/mol. The first-order chi connectivity index (χ1) is 15.5. The molecule has 1 aliphatic rings. The molecule has 11 heteroatoms. The second-order valence-electron chi connectivity index (χ2n) is 8.38. The van der Waals surface area contributed by atoms with Gasteiger partial charge in [-0.2, -0.15) is 0 Å². The van der Waals surface area contributed by atoms with E-state index in [9.17, 15) is 23.9 Å². The van der Waals surface area contributed by atoms with E-state index in [1.54, 1.807) is 33.2 Å². The molecule has 1 atom stereocenters. The minimum atomic E-state index is -1.25. The molecule has 0 fully saturated rings. The number of carbonyl (C=O) groups excluding carboxylic acids is 2. The van der Waals surface area contributed by atoms with Crippen LogP contribution < -0.4 is 5.43 Å². The number of carbonyl (C=O) groups is 2.